The molecule has 0 unspecified atom stereocenters. The highest BCUT2D eigenvalue weighted by atomic mass is 16.6. The summed E-state index contributed by atoms with van der Waals surface area (Å²) in [7, 11) is 12.7. The molecule has 0 aliphatic carbocycles. The standard InChI is InChI=1S/C50H46N2O16/c1-58-38-25-46(66-9)45(65-8)24-33(38)50(57)68-37-17-13-30(21-42(37)62-5)48(55)52-35-15-11-28(19-40(35)60-3)27-10-14-34(39(18-27)59-2)51-47(54)29-12-16-36(41(20-29)61-4)67-49(56)32-23-44(64-7)43(63-6)22-31(32)26-53/h10-26H,1-9H3,(H,51,54)(H,52,55). The van der Waals surface area contributed by atoms with Crippen molar-refractivity contribution >= 4 is 41.4 Å². The zero-order valence-corrected chi connectivity index (χ0v) is 38.3. The van der Waals surface area contributed by atoms with E-state index in [9.17, 15) is 24.0 Å². The van der Waals surface area contributed by atoms with Crippen molar-refractivity contribution in [3.05, 3.63) is 125 Å². The van der Waals surface area contributed by atoms with Crippen LogP contribution in [0.25, 0.3) is 11.1 Å². The molecule has 0 heterocycles. The number of nitrogens with one attached hydrogen (secondary N) is 2. The fraction of sp³-hybridized carbons (Fsp3) is 0.180. The maximum absolute atomic E-state index is 13.5. The highest BCUT2D eigenvalue weighted by Gasteiger charge is 2.24. The topological polar surface area (TPSA) is 211 Å². The van der Waals surface area contributed by atoms with Crippen molar-refractivity contribution in [1.82, 2.24) is 0 Å². The van der Waals surface area contributed by atoms with Crippen LogP contribution < -0.4 is 62.7 Å². The third kappa shape index (κ3) is 10.4. The second-order valence-corrected chi connectivity index (χ2v) is 14.1. The molecule has 18 nitrogen and oxygen atoms in total. The molecule has 0 spiro atoms. The molecule has 6 aromatic rings. The smallest absolute Gasteiger partial charge is 0.347 e. The molecule has 68 heavy (non-hydrogen) atoms. The van der Waals surface area contributed by atoms with Gasteiger partial charge in [0, 0.05) is 28.8 Å². The lowest BCUT2D eigenvalue weighted by Gasteiger charge is -2.16. The first-order chi connectivity index (χ1) is 32.9. The van der Waals surface area contributed by atoms with Crippen LogP contribution in [0.4, 0.5) is 11.4 Å². The van der Waals surface area contributed by atoms with Gasteiger partial charge < -0.3 is 62.7 Å². The lowest BCUT2D eigenvalue weighted by molar-refractivity contribution is 0.0717. The number of esters is 2. The number of carbonyl (C=O) groups excluding carboxylic acids is 5. The Kier molecular flexibility index (Phi) is 15.6. The first kappa shape index (κ1) is 48.5. The number of hydrogen-bond donors (Lipinski definition) is 2. The van der Waals surface area contributed by atoms with Gasteiger partial charge in [-0.1, -0.05) is 12.1 Å². The number of ether oxygens (including phenoxy) is 11. The molecule has 2 amide bonds. The molecule has 0 saturated carbocycles. The number of aldehydes is 1. The lowest BCUT2D eigenvalue weighted by atomic mass is 10.0. The number of benzene rings is 6. The van der Waals surface area contributed by atoms with Crippen LogP contribution in [0.2, 0.25) is 0 Å². The van der Waals surface area contributed by atoms with Gasteiger partial charge in [0.15, 0.2) is 52.3 Å². The first-order valence-electron chi connectivity index (χ1n) is 20.2. The van der Waals surface area contributed by atoms with Gasteiger partial charge >= 0.3 is 11.9 Å². The first-order valence-corrected chi connectivity index (χ1v) is 20.2. The monoisotopic (exact) mass is 930 g/mol. The van der Waals surface area contributed by atoms with Crippen molar-refractivity contribution < 1.29 is 76.1 Å². The maximum atomic E-state index is 13.5. The average Bonchev–Trinajstić information content (AvgIpc) is 3.37. The Labute approximate surface area is 390 Å². The highest BCUT2D eigenvalue weighted by molar-refractivity contribution is 6.07. The minimum absolute atomic E-state index is 0.00653. The molecule has 0 fully saturated rings. The quantitative estimate of drug-likeness (QED) is 0.0445. The van der Waals surface area contributed by atoms with E-state index in [1.807, 2.05) is 0 Å². The number of hydrogen-bond acceptors (Lipinski definition) is 16. The fourth-order valence-electron chi connectivity index (χ4n) is 6.79. The molecule has 2 N–H and O–H groups in total. The predicted octanol–water partition coefficient (Wildman–Crippen LogP) is 8.19. The van der Waals surface area contributed by atoms with Crippen LogP contribution in [0.1, 0.15) is 51.8 Å². The van der Waals surface area contributed by atoms with Crippen LogP contribution >= 0.6 is 0 Å². The summed E-state index contributed by atoms with van der Waals surface area (Å²) in [5.74, 6) is -0.463. The van der Waals surface area contributed by atoms with E-state index < -0.39 is 23.8 Å². The molecule has 0 aliphatic rings. The number of rotatable bonds is 19. The summed E-state index contributed by atoms with van der Waals surface area (Å²) in [5.41, 5.74) is 2.46. The molecule has 0 bridgehead atoms. The van der Waals surface area contributed by atoms with Crippen molar-refractivity contribution in [3.63, 3.8) is 0 Å². The SMILES string of the molecule is COc1cc(-c2ccc(NC(=O)c3ccc(OC(=O)c4cc(OC)c(OC)cc4OC)c(OC)c3)c(OC)c2)ccc1NC(=O)c1ccc(OC(=O)c2cc(OC)c(OC)cc2C=O)c(OC)c1. The van der Waals surface area contributed by atoms with E-state index in [4.69, 9.17) is 52.1 Å². The van der Waals surface area contributed by atoms with Gasteiger partial charge in [-0.15, -0.1) is 0 Å². The number of amides is 2. The Bertz CT molecular complexity index is 2890. The lowest BCUT2D eigenvalue weighted by Crippen LogP contribution is -2.15. The number of anilines is 2. The summed E-state index contributed by atoms with van der Waals surface area (Å²) in [5, 5.41) is 5.68. The second-order valence-electron chi connectivity index (χ2n) is 14.1. The predicted molar refractivity (Wildman–Crippen MR) is 248 cm³/mol. The molecule has 6 rings (SSSR count). The van der Waals surface area contributed by atoms with Gasteiger partial charge in [0.05, 0.1) is 80.9 Å². The Hall–Kier alpha value is -8.93. The summed E-state index contributed by atoms with van der Waals surface area (Å²) in [6.07, 6.45) is 0.493. The van der Waals surface area contributed by atoms with Crippen molar-refractivity contribution in [1.29, 1.82) is 0 Å². The van der Waals surface area contributed by atoms with Crippen LogP contribution in [-0.4, -0.2) is 94.0 Å². The Balaban J connectivity index is 1.14. The summed E-state index contributed by atoms with van der Waals surface area (Å²) in [6, 6.07) is 24.5. The van der Waals surface area contributed by atoms with Gasteiger partial charge in [-0.25, -0.2) is 9.59 Å². The van der Waals surface area contributed by atoms with E-state index in [2.05, 4.69) is 10.6 Å². The molecular formula is C50H46N2O16. The molecule has 0 radical (unpaired) electrons. The molecule has 0 aromatic heterocycles. The van der Waals surface area contributed by atoms with E-state index in [0.717, 1.165) is 0 Å². The van der Waals surface area contributed by atoms with E-state index in [-0.39, 0.29) is 68.1 Å². The molecule has 18 heteroatoms. The van der Waals surface area contributed by atoms with E-state index in [1.54, 1.807) is 36.4 Å². The summed E-state index contributed by atoms with van der Waals surface area (Å²) < 4.78 is 59.9. The largest absolute Gasteiger partial charge is 0.496 e. The van der Waals surface area contributed by atoms with E-state index in [0.29, 0.717) is 51.8 Å². The third-order valence-corrected chi connectivity index (χ3v) is 10.3. The fourth-order valence-corrected chi connectivity index (χ4v) is 6.79. The van der Waals surface area contributed by atoms with Gasteiger partial charge in [-0.05, 0) is 83.9 Å². The van der Waals surface area contributed by atoms with Gasteiger partial charge in [0.2, 0.25) is 0 Å². The molecule has 0 atom stereocenters. The summed E-state index contributed by atoms with van der Waals surface area (Å²) in [6.45, 7) is 0. The molecule has 0 aliphatic heterocycles. The Morgan fingerprint density at radius 1 is 0.368 bits per heavy atom. The van der Waals surface area contributed by atoms with Crippen molar-refractivity contribution in [3.8, 4) is 74.4 Å². The summed E-state index contributed by atoms with van der Waals surface area (Å²) >= 11 is 0. The Morgan fingerprint density at radius 3 is 1.15 bits per heavy atom. The minimum Gasteiger partial charge on any atom is -0.496 e. The number of methoxy groups -OCH3 is 9. The molecular weight excluding hydrogens is 885 g/mol. The highest BCUT2D eigenvalue weighted by Crippen LogP contribution is 2.39. The van der Waals surface area contributed by atoms with E-state index >= 15 is 0 Å². The van der Waals surface area contributed by atoms with Gasteiger partial charge in [-0.2, -0.15) is 0 Å². The molecule has 0 saturated heterocycles. The zero-order valence-electron chi connectivity index (χ0n) is 38.3. The summed E-state index contributed by atoms with van der Waals surface area (Å²) in [4.78, 5) is 65.3. The van der Waals surface area contributed by atoms with E-state index in [1.165, 1.54) is 125 Å². The van der Waals surface area contributed by atoms with Gasteiger partial charge in [-0.3, -0.25) is 14.4 Å². The van der Waals surface area contributed by atoms with Crippen molar-refractivity contribution in [2.24, 2.45) is 0 Å². The van der Waals surface area contributed by atoms with Gasteiger partial charge in [0.1, 0.15) is 22.8 Å². The van der Waals surface area contributed by atoms with Gasteiger partial charge in [0.25, 0.3) is 11.8 Å². The normalized spacial score (nSPS) is 10.4. The van der Waals surface area contributed by atoms with Crippen LogP contribution in [0, 0.1) is 0 Å². The average molecular weight is 931 g/mol. The van der Waals surface area contributed by atoms with Crippen LogP contribution in [0.5, 0.6) is 63.2 Å². The Morgan fingerprint density at radius 2 is 0.735 bits per heavy atom. The minimum atomic E-state index is -0.869. The maximum Gasteiger partial charge on any atom is 0.347 e. The van der Waals surface area contributed by atoms with Crippen LogP contribution in [-0.2, 0) is 0 Å². The number of carbonyl (C=O) groups is 5. The zero-order chi connectivity index (χ0) is 49.1. The van der Waals surface area contributed by atoms with Crippen molar-refractivity contribution in [2.45, 2.75) is 0 Å². The second kappa shape index (κ2) is 21.8. The molecule has 352 valence electrons. The molecule has 6 aromatic carbocycles. The van der Waals surface area contributed by atoms with Crippen molar-refractivity contribution in [2.75, 3.05) is 74.6 Å². The van der Waals surface area contributed by atoms with Crippen LogP contribution in [0.15, 0.2) is 97.1 Å². The third-order valence-electron chi connectivity index (χ3n) is 10.3. The van der Waals surface area contributed by atoms with Crippen LogP contribution in [0.3, 0.4) is 0 Å².